The minimum atomic E-state index is -0.138. The van der Waals surface area contributed by atoms with Gasteiger partial charge in [-0.1, -0.05) is 12.1 Å². The van der Waals surface area contributed by atoms with Gasteiger partial charge >= 0.3 is 0 Å². The fourth-order valence-corrected chi connectivity index (χ4v) is 2.17. The number of nitrogens with two attached hydrogens (primary N) is 1. The van der Waals surface area contributed by atoms with Gasteiger partial charge in [-0.2, -0.15) is 0 Å². The Balaban J connectivity index is 2.02. The zero-order valence-corrected chi connectivity index (χ0v) is 10.8. The molecule has 94 valence electrons. The van der Waals surface area contributed by atoms with Crippen molar-refractivity contribution < 1.29 is 4.74 Å². The molecule has 0 atom stereocenters. The first kappa shape index (κ1) is 12.4. The molecule has 0 radical (unpaired) electrons. The molecule has 2 N–H and O–H groups in total. The van der Waals surface area contributed by atoms with Crippen molar-refractivity contribution in [3.63, 3.8) is 0 Å². The summed E-state index contributed by atoms with van der Waals surface area (Å²) in [4.78, 5) is 2.36. The van der Waals surface area contributed by atoms with E-state index in [2.05, 4.69) is 43.0 Å². The minimum absolute atomic E-state index is 0.138. The number of ether oxygens (including phenoxy) is 1. The third-order valence-corrected chi connectivity index (χ3v) is 2.97. The number of rotatable bonds is 3. The second-order valence-corrected chi connectivity index (χ2v) is 5.43. The van der Waals surface area contributed by atoms with E-state index in [9.17, 15) is 0 Å². The number of anilines is 1. The molecule has 2 rings (SSSR count). The van der Waals surface area contributed by atoms with E-state index in [-0.39, 0.29) is 5.54 Å². The summed E-state index contributed by atoms with van der Waals surface area (Å²) < 4.78 is 5.35. The van der Waals surface area contributed by atoms with Crippen LogP contribution in [0.25, 0.3) is 0 Å². The van der Waals surface area contributed by atoms with Crippen molar-refractivity contribution >= 4 is 5.69 Å². The van der Waals surface area contributed by atoms with Crippen LogP contribution in [0.1, 0.15) is 19.4 Å². The molecule has 1 fully saturated rings. The second kappa shape index (κ2) is 5.07. The molecule has 0 amide bonds. The maximum absolute atomic E-state index is 6.02. The van der Waals surface area contributed by atoms with Crippen LogP contribution < -0.4 is 10.6 Å². The smallest absolute Gasteiger partial charge is 0.0642 e. The lowest BCUT2D eigenvalue weighted by Gasteiger charge is -2.29. The topological polar surface area (TPSA) is 38.5 Å². The van der Waals surface area contributed by atoms with Crippen LogP contribution in [0.5, 0.6) is 0 Å². The number of hydrogen-bond donors (Lipinski definition) is 1. The van der Waals surface area contributed by atoms with Crippen molar-refractivity contribution in [1.29, 1.82) is 0 Å². The third kappa shape index (κ3) is 3.72. The summed E-state index contributed by atoms with van der Waals surface area (Å²) in [5.41, 5.74) is 8.47. The SMILES string of the molecule is CC(C)(N)Cc1ccc(N2CCOCC2)cc1. The highest BCUT2D eigenvalue weighted by Gasteiger charge is 2.13. The minimum Gasteiger partial charge on any atom is -0.378 e. The lowest BCUT2D eigenvalue weighted by atomic mass is 9.96. The summed E-state index contributed by atoms with van der Waals surface area (Å²) in [7, 11) is 0. The predicted molar refractivity (Wildman–Crippen MR) is 71.4 cm³/mol. The highest BCUT2D eigenvalue weighted by Crippen LogP contribution is 2.18. The molecular formula is C14H22N2O. The molecule has 1 aliphatic rings. The molecule has 0 saturated carbocycles. The molecule has 0 aliphatic carbocycles. The third-order valence-electron chi connectivity index (χ3n) is 2.97. The Morgan fingerprint density at radius 2 is 1.76 bits per heavy atom. The summed E-state index contributed by atoms with van der Waals surface area (Å²) in [6, 6.07) is 8.73. The van der Waals surface area contributed by atoms with Crippen LogP contribution in [0.2, 0.25) is 0 Å². The van der Waals surface area contributed by atoms with E-state index in [1.807, 2.05) is 0 Å². The molecule has 1 aromatic carbocycles. The van der Waals surface area contributed by atoms with Crippen molar-refractivity contribution in [1.82, 2.24) is 0 Å². The van der Waals surface area contributed by atoms with E-state index in [4.69, 9.17) is 10.5 Å². The first-order valence-electron chi connectivity index (χ1n) is 6.25. The van der Waals surface area contributed by atoms with Crippen LogP contribution >= 0.6 is 0 Å². The van der Waals surface area contributed by atoms with Gasteiger partial charge in [-0.15, -0.1) is 0 Å². The summed E-state index contributed by atoms with van der Waals surface area (Å²) in [5, 5.41) is 0. The molecule has 3 nitrogen and oxygen atoms in total. The maximum atomic E-state index is 6.02. The molecule has 1 aromatic rings. The van der Waals surface area contributed by atoms with E-state index in [0.29, 0.717) is 0 Å². The predicted octanol–water partition coefficient (Wildman–Crippen LogP) is 1.80. The quantitative estimate of drug-likeness (QED) is 0.866. The highest BCUT2D eigenvalue weighted by molar-refractivity contribution is 5.48. The molecule has 0 spiro atoms. The van der Waals surface area contributed by atoms with Gasteiger partial charge in [0.2, 0.25) is 0 Å². The number of benzene rings is 1. The van der Waals surface area contributed by atoms with Crippen LogP contribution in [0.3, 0.4) is 0 Å². The molecule has 1 heterocycles. The number of morpholine rings is 1. The second-order valence-electron chi connectivity index (χ2n) is 5.43. The molecule has 3 heteroatoms. The van der Waals surface area contributed by atoms with E-state index in [1.165, 1.54) is 11.3 Å². The Kier molecular flexibility index (Phi) is 3.69. The van der Waals surface area contributed by atoms with E-state index < -0.39 is 0 Å². The molecule has 1 saturated heterocycles. The van der Waals surface area contributed by atoms with Gasteiger partial charge in [0.25, 0.3) is 0 Å². The van der Waals surface area contributed by atoms with Crippen molar-refractivity contribution in [2.75, 3.05) is 31.2 Å². The summed E-state index contributed by atoms with van der Waals surface area (Å²) >= 11 is 0. The van der Waals surface area contributed by atoms with E-state index in [0.717, 1.165) is 32.7 Å². The van der Waals surface area contributed by atoms with Gasteiger partial charge in [-0.3, -0.25) is 0 Å². The Labute approximate surface area is 104 Å². The van der Waals surface area contributed by atoms with E-state index >= 15 is 0 Å². The molecular weight excluding hydrogens is 212 g/mol. The summed E-state index contributed by atoms with van der Waals surface area (Å²) in [6.45, 7) is 7.75. The first-order chi connectivity index (χ1) is 8.04. The molecule has 17 heavy (non-hydrogen) atoms. The Morgan fingerprint density at radius 3 is 2.29 bits per heavy atom. The van der Waals surface area contributed by atoms with Gasteiger partial charge in [0.05, 0.1) is 13.2 Å². The average Bonchev–Trinajstić information content (AvgIpc) is 2.29. The lowest BCUT2D eigenvalue weighted by Crippen LogP contribution is -2.36. The number of nitrogens with zero attached hydrogens (tertiary/aromatic N) is 1. The van der Waals surface area contributed by atoms with Gasteiger partial charge < -0.3 is 15.4 Å². The van der Waals surface area contributed by atoms with Crippen LogP contribution in [-0.2, 0) is 11.2 Å². The van der Waals surface area contributed by atoms with Crippen molar-refractivity contribution in [2.45, 2.75) is 25.8 Å². The fourth-order valence-electron chi connectivity index (χ4n) is 2.17. The maximum Gasteiger partial charge on any atom is 0.0642 e. The van der Waals surface area contributed by atoms with Crippen LogP contribution in [-0.4, -0.2) is 31.8 Å². The van der Waals surface area contributed by atoms with Crippen LogP contribution in [0.15, 0.2) is 24.3 Å². The zero-order chi connectivity index (χ0) is 12.3. The van der Waals surface area contributed by atoms with Crippen molar-refractivity contribution in [3.05, 3.63) is 29.8 Å². The number of hydrogen-bond acceptors (Lipinski definition) is 3. The molecule has 0 unspecified atom stereocenters. The van der Waals surface area contributed by atoms with Gasteiger partial charge in [0.1, 0.15) is 0 Å². The molecule has 1 aliphatic heterocycles. The normalized spacial score (nSPS) is 17.2. The van der Waals surface area contributed by atoms with Gasteiger partial charge in [-0.05, 0) is 38.0 Å². The van der Waals surface area contributed by atoms with Crippen LogP contribution in [0, 0.1) is 0 Å². The summed E-state index contributed by atoms with van der Waals surface area (Å²) in [5.74, 6) is 0. The van der Waals surface area contributed by atoms with Crippen molar-refractivity contribution in [3.8, 4) is 0 Å². The van der Waals surface area contributed by atoms with Gasteiger partial charge in [0, 0.05) is 24.3 Å². The monoisotopic (exact) mass is 234 g/mol. The molecule has 0 aromatic heterocycles. The fraction of sp³-hybridized carbons (Fsp3) is 0.571. The van der Waals surface area contributed by atoms with Crippen LogP contribution in [0.4, 0.5) is 5.69 Å². The lowest BCUT2D eigenvalue weighted by molar-refractivity contribution is 0.122. The van der Waals surface area contributed by atoms with E-state index in [1.54, 1.807) is 0 Å². The standard InChI is InChI=1S/C14H22N2O/c1-14(2,15)11-12-3-5-13(6-4-12)16-7-9-17-10-8-16/h3-6H,7-11,15H2,1-2H3. The first-order valence-corrected chi connectivity index (χ1v) is 6.25. The molecule has 0 bridgehead atoms. The zero-order valence-electron chi connectivity index (χ0n) is 10.8. The van der Waals surface area contributed by atoms with Gasteiger partial charge in [-0.25, -0.2) is 0 Å². The Bertz CT molecular complexity index is 347. The Hall–Kier alpha value is -1.06. The largest absolute Gasteiger partial charge is 0.378 e. The Morgan fingerprint density at radius 1 is 1.18 bits per heavy atom. The highest BCUT2D eigenvalue weighted by atomic mass is 16.5. The van der Waals surface area contributed by atoms with Crippen molar-refractivity contribution in [2.24, 2.45) is 5.73 Å². The average molecular weight is 234 g/mol. The van der Waals surface area contributed by atoms with Gasteiger partial charge in [0.15, 0.2) is 0 Å². The summed E-state index contributed by atoms with van der Waals surface area (Å²) in [6.07, 6.45) is 0.913.